The lowest BCUT2D eigenvalue weighted by atomic mass is 10.2. The SMILES string of the molecule is CCN(CC)C(=O)C(C)NC(=O)N(CC)C(C)CC(=O)O. The van der Waals surface area contributed by atoms with Gasteiger partial charge in [0.1, 0.15) is 6.04 Å². The van der Waals surface area contributed by atoms with Crippen molar-refractivity contribution in [2.75, 3.05) is 19.6 Å². The zero-order chi connectivity index (χ0) is 16.6. The zero-order valence-corrected chi connectivity index (χ0v) is 13.5. The number of aliphatic carboxylic acids is 1. The number of rotatable bonds is 8. The van der Waals surface area contributed by atoms with Gasteiger partial charge in [-0.1, -0.05) is 0 Å². The van der Waals surface area contributed by atoms with Gasteiger partial charge in [0, 0.05) is 25.7 Å². The topological polar surface area (TPSA) is 90.0 Å². The summed E-state index contributed by atoms with van der Waals surface area (Å²) in [6, 6.07) is -1.48. The summed E-state index contributed by atoms with van der Waals surface area (Å²) in [6.45, 7) is 10.4. The number of carboxylic acid groups (broad SMARTS) is 1. The summed E-state index contributed by atoms with van der Waals surface area (Å²) < 4.78 is 0. The summed E-state index contributed by atoms with van der Waals surface area (Å²) in [7, 11) is 0. The second-order valence-corrected chi connectivity index (χ2v) is 4.91. The lowest BCUT2D eigenvalue weighted by Crippen LogP contribution is -2.53. The van der Waals surface area contributed by atoms with Crippen LogP contribution in [0.3, 0.4) is 0 Å². The lowest BCUT2D eigenvalue weighted by molar-refractivity contribution is -0.138. The molecular weight excluding hydrogens is 274 g/mol. The Morgan fingerprint density at radius 2 is 1.57 bits per heavy atom. The monoisotopic (exact) mass is 301 g/mol. The second kappa shape index (κ2) is 9.20. The zero-order valence-electron chi connectivity index (χ0n) is 13.5. The maximum absolute atomic E-state index is 12.2. The molecule has 0 saturated heterocycles. The number of hydrogen-bond donors (Lipinski definition) is 2. The molecule has 0 saturated carbocycles. The van der Waals surface area contributed by atoms with Gasteiger partial charge in [0.15, 0.2) is 0 Å². The smallest absolute Gasteiger partial charge is 0.318 e. The van der Waals surface area contributed by atoms with E-state index < -0.39 is 24.1 Å². The molecule has 0 aromatic rings. The van der Waals surface area contributed by atoms with Crippen molar-refractivity contribution in [1.29, 1.82) is 0 Å². The molecule has 0 aliphatic heterocycles. The molecule has 0 radical (unpaired) electrons. The first-order valence-corrected chi connectivity index (χ1v) is 7.36. The van der Waals surface area contributed by atoms with Crippen LogP contribution in [0.1, 0.15) is 41.0 Å². The van der Waals surface area contributed by atoms with Gasteiger partial charge in [-0.2, -0.15) is 0 Å². The lowest BCUT2D eigenvalue weighted by Gasteiger charge is -2.30. The Morgan fingerprint density at radius 3 is 1.95 bits per heavy atom. The highest BCUT2D eigenvalue weighted by atomic mass is 16.4. The minimum atomic E-state index is -0.957. The summed E-state index contributed by atoms with van der Waals surface area (Å²) in [4.78, 5) is 38.0. The first-order chi connectivity index (χ1) is 9.78. The van der Waals surface area contributed by atoms with Crippen molar-refractivity contribution in [1.82, 2.24) is 15.1 Å². The summed E-state index contributed by atoms with van der Waals surface area (Å²) in [5.41, 5.74) is 0. The Hall–Kier alpha value is -1.79. The largest absolute Gasteiger partial charge is 0.481 e. The molecule has 0 aromatic carbocycles. The third-order valence-electron chi connectivity index (χ3n) is 3.39. The highest BCUT2D eigenvalue weighted by Gasteiger charge is 2.25. The van der Waals surface area contributed by atoms with Gasteiger partial charge in [-0.15, -0.1) is 0 Å². The van der Waals surface area contributed by atoms with Crippen LogP contribution in [0.15, 0.2) is 0 Å². The Balaban J connectivity index is 4.69. The van der Waals surface area contributed by atoms with Crippen LogP contribution in [-0.2, 0) is 9.59 Å². The molecule has 0 aromatic heterocycles. The molecule has 2 unspecified atom stereocenters. The van der Waals surface area contributed by atoms with Crippen molar-refractivity contribution >= 4 is 17.9 Å². The molecule has 0 bridgehead atoms. The van der Waals surface area contributed by atoms with E-state index in [1.807, 2.05) is 13.8 Å². The van der Waals surface area contributed by atoms with Crippen LogP contribution in [0, 0.1) is 0 Å². The summed E-state index contributed by atoms with van der Waals surface area (Å²) >= 11 is 0. The van der Waals surface area contributed by atoms with Gasteiger partial charge in [-0.3, -0.25) is 9.59 Å². The molecule has 2 N–H and O–H groups in total. The summed E-state index contributed by atoms with van der Waals surface area (Å²) in [5, 5.41) is 11.4. The summed E-state index contributed by atoms with van der Waals surface area (Å²) in [6.07, 6.45) is -0.125. The molecule has 7 nitrogen and oxygen atoms in total. The number of nitrogens with one attached hydrogen (secondary N) is 1. The number of hydrogen-bond acceptors (Lipinski definition) is 3. The molecule has 0 spiro atoms. The maximum Gasteiger partial charge on any atom is 0.318 e. The van der Waals surface area contributed by atoms with Crippen LogP contribution < -0.4 is 5.32 Å². The molecule has 122 valence electrons. The van der Waals surface area contributed by atoms with Gasteiger partial charge in [-0.25, -0.2) is 4.79 Å². The fraction of sp³-hybridized carbons (Fsp3) is 0.786. The van der Waals surface area contributed by atoms with Crippen molar-refractivity contribution in [3.63, 3.8) is 0 Å². The van der Waals surface area contributed by atoms with Gasteiger partial charge in [0.2, 0.25) is 5.91 Å². The molecule has 21 heavy (non-hydrogen) atoms. The molecule has 2 atom stereocenters. The van der Waals surface area contributed by atoms with Crippen LogP contribution in [0.4, 0.5) is 4.79 Å². The van der Waals surface area contributed by atoms with Gasteiger partial charge in [0.05, 0.1) is 6.42 Å². The van der Waals surface area contributed by atoms with Crippen LogP contribution in [0.25, 0.3) is 0 Å². The van der Waals surface area contributed by atoms with Crippen molar-refractivity contribution < 1.29 is 19.5 Å². The second-order valence-electron chi connectivity index (χ2n) is 4.91. The maximum atomic E-state index is 12.2. The van der Waals surface area contributed by atoms with Crippen molar-refractivity contribution in [2.45, 2.75) is 53.1 Å². The van der Waals surface area contributed by atoms with E-state index in [1.165, 1.54) is 4.90 Å². The first kappa shape index (κ1) is 19.2. The number of likely N-dealkylation sites (N-methyl/N-ethyl adjacent to an activating group) is 1. The van der Waals surface area contributed by atoms with E-state index in [9.17, 15) is 14.4 Å². The Morgan fingerprint density at radius 1 is 1.05 bits per heavy atom. The fourth-order valence-electron chi connectivity index (χ4n) is 2.16. The van der Waals surface area contributed by atoms with Gasteiger partial charge >= 0.3 is 12.0 Å². The molecule has 7 heteroatoms. The van der Waals surface area contributed by atoms with E-state index in [0.717, 1.165) is 0 Å². The van der Waals surface area contributed by atoms with E-state index in [1.54, 1.807) is 25.7 Å². The quantitative estimate of drug-likeness (QED) is 0.703. The molecule has 0 fully saturated rings. The molecule has 0 aliphatic rings. The average Bonchev–Trinajstić information content (AvgIpc) is 2.39. The van der Waals surface area contributed by atoms with Crippen molar-refractivity contribution in [3.8, 4) is 0 Å². The predicted molar refractivity (Wildman–Crippen MR) is 80.0 cm³/mol. The van der Waals surface area contributed by atoms with Crippen LogP contribution >= 0.6 is 0 Å². The highest BCUT2D eigenvalue weighted by molar-refractivity contribution is 5.87. The van der Waals surface area contributed by atoms with Gasteiger partial charge in [0.25, 0.3) is 0 Å². The molecule has 0 heterocycles. The van der Waals surface area contributed by atoms with E-state index in [4.69, 9.17) is 5.11 Å². The summed E-state index contributed by atoms with van der Waals surface area (Å²) in [5.74, 6) is -1.10. The first-order valence-electron chi connectivity index (χ1n) is 7.36. The number of nitrogens with zero attached hydrogens (tertiary/aromatic N) is 2. The van der Waals surface area contributed by atoms with E-state index >= 15 is 0 Å². The van der Waals surface area contributed by atoms with Gasteiger partial charge < -0.3 is 20.2 Å². The fourth-order valence-corrected chi connectivity index (χ4v) is 2.16. The van der Waals surface area contributed by atoms with Crippen LogP contribution in [0.5, 0.6) is 0 Å². The van der Waals surface area contributed by atoms with Crippen LogP contribution in [-0.4, -0.2) is 64.5 Å². The molecule has 0 rings (SSSR count). The number of carbonyl (C=O) groups excluding carboxylic acids is 2. The van der Waals surface area contributed by atoms with E-state index in [2.05, 4.69) is 5.32 Å². The standard InChI is InChI=1S/C14H27N3O4/c1-6-16(7-2)13(20)11(5)15-14(21)17(8-3)10(4)9-12(18)19/h10-11H,6-9H2,1-5H3,(H,15,21)(H,18,19). The van der Waals surface area contributed by atoms with E-state index in [0.29, 0.717) is 19.6 Å². The highest BCUT2D eigenvalue weighted by Crippen LogP contribution is 2.05. The Labute approximate surface area is 126 Å². The van der Waals surface area contributed by atoms with E-state index in [-0.39, 0.29) is 12.3 Å². The predicted octanol–water partition coefficient (Wildman–Crippen LogP) is 1.14. The third-order valence-corrected chi connectivity index (χ3v) is 3.39. The van der Waals surface area contributed by atoms with Crippen molar-refractivity contribution in [3.05, 3.63) is 0 Å². The minimum absolute atomic E-state index is 0.125. The average molecular weight is 301 g/mol. The van der Waals surface area contributed by atoms with Gasteiger partial charge in [-0.05, 0) is 34.6 Å². The normalized spacial score (nSPS) is 13.2. The number of amides is 3. The molecule has 3 amide bonds. The number of carbonyl (C=O) groups is 3. The number of carboxylic acids is 1. The molecular formula is C14H27N3O4. The Bertz CT molecular complexity index is 369. The van der Waals surface area contributed by atoms with Crippen molar-refractivity contribution in [2.24, 2.45) is 0 Å². The molecule has 0 aliphatic carbocycles. The Kier molecular flexibility index (Phi) is 8.42. The van der Waals surface area contributed by atoms with Crippen LogP contribution in [0.2, 0.25) is 0 Å². The third kappa shape index (κ3) is 6.01. The number of urea groups is 1. The minimum Gasteiger partial charge on any atom is -0.481 e.